The Morgan fingerprint density at radius 2 is 1.73 bits per heavy atom. The number of hydrogen-bond acceptors (Lipinski definition) is 3. The van der Waals surface area contributed by atoms with E-state index in [0.29, 0.717) is 5.56 Å². The van der Waals surface area contributed by atoms with Crippen LogP contribution in [0.1, 0.15) is 24.0 Å². The topological polar surface area (TPSA) is 45.0 Å². The van der Waals surface area contributed by atoms with Gasteiger partial charge in [0, 0.05) is 6.42 Å². The number of nitrogens with one attached hydrogen (secondary N) is 1. The fraction of sp³-hybridized carbons (Fsp3) is 0.316. The van der Waals surface area contributed by atoms with Gasteiger partial charge >= 0.3 is 0 Å². The summed E-state index contributed by atoms with van der Waals surface area (Å²) in [6, 6.07) is 16.4. The van der Waals surface area contributed by atoms with Gasteiger partial charge in [0.1, 0.15) is 11.4 Å². The SMILES string of the molecule is N#Cc1ccc(-c2ccc3c(c2)CC2(CCNCC2)O3)cc1. The molecule has 2 heterocycles. The van der Waals surface area contributed by atoms with Crippen molar-refractivity contribution in [2.45, 2.75) is 24.9 Å². The average molecular weight is 290 g/mol. The molecule has 1 N–H and O–H groups in total. The van der Waals surface area contributed by atoms with Crippen molar-refractivity contribution in [1.29, 1.82) is 5.26 Å². The quantitative estimate of drug-likeness (QED) is 0.876. The molecule has 3 nitrogen and oxygen atoms in total. The first-order valence-corrected chi connectivity index (χ1v) is 7.81. The normalized spacial score (nSPS) is 18.5. The number of benzene rings is 2. The van der Waals surface area contributed by atoms with Crippen LogP contribution in [0, 0.1) is 11.3 Å². The molecule has 2 aliphatic rings. The molecule has 0 atom stereocenters. The summed E-state index contributed by atoms with van der Waals surface area (Å²) in [5.74, 6) is 1.04. The highest BCUT2D eigenvalue weighted by Crippen LogP contribution is 2.41. The van der Waals surface area contributed by atoms with Crippen LogP contribution < -0.4 is 10.1 Å². The summed E-state index contributed by atoms with van der Waals surface area (Å²) < 4.78 is 6.28. The fourth-order valence-electron chi connectivity index (χ4n) is 3.51. The van der Waals surface area contributed by atoms with Crippen molar-refractivity contribution < 1.29 is 4.74 Å². The van der Waals surface area contributed by atoms with Crippen LogP contribution in [0.2, 0.25) is 0 Å². The number of ether oxygens (including phenoxy) is 1. The molecule has 0 saturated carbocycles. The first-order valence-electron chi connectivity index (χ1n) is 7.81. The van der Waals surface area contributed by atoms with E-state index in [-0.39, 0.29) is 5.60 Å². The lowest BCUT2D eigenvalue weighted by Crippen LogP contribution is -2.45. The summed E-state index contributed by atoms with van der Waals surface area (Å²) in [6.45, 7) is 2.08. The van der Waals surface area contributed by atoms with Crippen molar-refractivity contribution in [3.63, 3.8) is 0 Å². The van der Waals surface area contributed by atoms with Crippen LogP contribution in [-0.2, 0) is 6.42 Å². The highest BCUT2D eigenvalue weighted by Gasteiger charge is 2.40. The van der Waals surface area contributed by atoms with E-state index in [4.69, 9.17) is 10.00 Å². The molecule has 4 rings (SSSR count). The number of rotatable bonds is 1. The van der Waals surface area contributed by atoms with Crippen LogP contribution in [0.3, 0.4) is 0 Å². The third-order valence-corrected chi connectivity index (χ3v) is 4.76. The average Bonchev–Trinajstić information content (AvgIpc) is 2.92. The summed E-state index contributed by atoms with van der Waals surface area (Å²) >= 11 is 0. The standard InChI is InChI=1S/C19H18N2O/c20-13-14-1-3-15(4-2-14)16-5-6-18-17(11-16)12-19(22-18)7-9-21-10-8-19/h1-6,11,21H,7-10,12H2. The van der Waals surface area contributed by atoms with Gasteiger partial charge in [0.05, 0.1) is 11.6 Å². The van der Waals surface area contributed by atoms with Gasteiger partial charge in [-0.15, -0.1) is 0 Å². The molecular formula is C19H18N2O. The summed E-state index contributed by atoms with van der Waals surface area (Å²) in [6.07, 6.45) is 3.16. The lowest BCUT2D eigenvalue weighted by molar-refractivity contribution is 0.0600. The molecule has 0 aliphatic carbocycles. The maximum Gasteiger partial charge on any atom is 0.123 e. The smallest absolute Gasteiger partial charge is 0.123 e. The highest BCUT2D eigenvalue weighted by molar-refractivity contribution is 5.67. The van der Waals surface area contributed by atoms with Crippen LogP contribution in [0.25, 0.3) is 11.1 Å². The number of hydrogen-bond donors (Lipinski definition) is 1. The first kappa shape index (κ1) is 13.4. The van der Waals surface area contributed by atoms with Crippen molar-refractivity contribution in [1.82, 2.24) is 5.32 Å². The lowest BCUT2D eigenvalue weighted by Gasteiger charge is -2.33. The lowest BCUT2D eigenvalue weighted by atomic mass is 9.87. The van der Waals surface area contributed by atoms with E-state index in [0.717, 1.165) is 43.7 Å². The largest absolute Gasteiger partial charge is 0.487 e. The Kier molecular flexibility index (Phi) is 3.13. The summed E-state index contributed by atoms with van der Waals surface area (Å²) in [5, 5.41) is 12.3. The molecule has 3 heteroatoms. The minimum absolute atomic E-state index is 0.0108. The van der Waals surface area contributed by atoms with E-state index in [1.807, 2.05) is 24.3 Å². The Balaban J connectivity index is 1.63. The minimum atomic E-state index is 0.0108. The van der Waals surface area contributed by atoms with E-state index in [1.165, 1.54) is 11.1 Å². The number of nitrogens with zero attached hydrogens (tertiary/aromatic N) is 1. The molecule has 110 valence electrons. The van der Waals surface area contributed by atoms with Crippen molar-refractivity contribution in [2.24, 2.45) is 0 Å². The number of nitriles is 1. The van der Waals surface area contributed by atoms with Crippen molar-refractivity contribution in [3.8, 4) is 22.9 Å². The Labute approximate surface area is 130 Å². The second kappa shape index (κ2) is 5.15. The maximum atomic E-state index is 8.90. The van der Waals surface area contributed by atoms with Crippen molar-refractivity contribution >= 4 is 0 Å². The van der Waals surface area contributed by atoms with Crippen LogP contribution >= 0.6 is 0 Å². The van der Waals surface area contributed by atoms with Gasteiger partial charge in [-0.2, -0.15) is 5.26 Å². The minimum Gasteiger partial charge on any atom is -0.487 e. The molecule has 2 aromatic rings. The van der Waals surface area contributed by atoms with Gasteiger partial charge in [0.15, 0.2) is 0 Å². The molecule has 22 heavy (non-hydrogen) atoms. The zero-order valence-electron chi connectivity index (χ0n) is 12.4. The number of fused-ring (bicyclic) bond motifs is 1. The zero-order valence-corrected chi connectivity index (χ0v) is 12.4. The Hall–Kier alpha value is -2.31. The second-order valence-electron chi connectivity index (χ2n) is 6.22. The molecule has 2 aromatic carbocycles. The molecule has 0 bridgehead atoms. The summed E-state index contributed by atoms with van der Waals surface area (Å²) in [7, 11) is 0. The van der Waals surface area contributed by atoms with Crippen LogP contribution in [-0.4, -0.2) is 18.7 Å². The van der Waals surface area contributed by atoms with Gasteiger partial charge in [0.2, 0.25) is 0 Å². The third-order valence-electron chi connectivity index (χ3n) is 4.76. The molecule has 2 aliphatic heterocycles. The Morgan fingerprint density at radius 3 is 2.45 bits per heavy atom. The second-order valence-corrected chi connectivity index (χ2v) is 6.22. The van der Waals surface area contributed by atoms with Gasteiger partial charge in [-0.25, -0.2) is 0 Å². The molecule has 1 saturated heterocycles. The molecule has 1 fully saturated rings. The predicted octanol–water partition coefficient (Wildman–Crippen LogP) is 3.28. The van der Waals surface area contributed by atoms with Crippen LogP contribution in [0.4, 0.5) is 0 Å². The molecule has 0 unspecified atom stereocenters. The van der Waals surface area contributed by atoms with E-state index in [2.05, 4.69) is 29.6 Å². The summed E-state index contributed by atoms with van der Waals surface area (Å²) in [5.41, 5.74) is 4.35. The monoisotopic (exact) mass is 290 g/mol. The maximum absolute atomic E-state index is 8.90. The highest BCUT2D eigenvalue weighted by atomic mass is 16.5. The van der Waals surface area contributed by atoms with E-state index in [1.54, 1.807) is 0 Å². The Morgan fingerprint density at radius 1 is 1.00 bits per heavy atom. The van der Waals surface area contributed by atoms with Crippen LogP contribution in [0.15, 0.2) is 42.5 Å². The first-order chi connectivity index (χ1) is 10.8. The van der Waals surface area contributed by atoms with E-state index < -0.39 is 0 Å². The molecule has 0 aromatic heterocycles. The zero-order chi connectivity index (χ0) is 15.0. The third kappa shape index (κ3) is 2.26. The Bertz CT molecular complexity index is 737. The van der Waals surface area contributed by atoms with Gasteiger partial charge in [0.25, 0.3) is 0 Å². The molecule has 0 amide bonds. The van der Waals surface area contributed by atoms with Gasteiger partial charge in [-0.3, -0.25) is 0 Å². The molecule has 0 radical (unpaired) electrons. The summed E-state index contributed by atoms with van der Waals surface area (Å²) in [4.78, 5) is 0. The predicted molar refractivity (Wildman–Crippen MR) is 85.8 cm³/mol. The van der Waals surface area contributed by atoms with E-state index >= 15 is 0 Å². The molecule has 1 spiro atoms. The van der Waals surface area contributed by atoms with Crippen LogP contribution in [0.5, 0.6) is 5.75 Å². The van der Waals surface area contributed by atoms with Crippen molar-refractivity contribution in [2.75, 3.05) is 13.1 Å². The van der Waals surface area contributed by atoms with Gasteiger partial charge in [-0.05, 0) is 66.9 Å². The van der Waals surface area contributed by atoms with Gasteiger partial charge in [-0.1, -0.05) is 18.2 Å². The number of piperidine rings is 1. The molecular weight excluding hydrogens is 272 g/mol. The van der Waals surface area contributed by atoms with Crippen molar-refractivity contribution in [3.05, 3.63) is 53.6 Å². The van der Waals surface area contributed by atoms with E-state index in [9.17, 15) is 0 Å². The fourth-order valence-corrected chi connectivity index (χ4v) is 3.51. The van der Waals surface area contributed by atoms with Gasteiger partial charge < -0.3 is 10.1 Å².